The number of aryl methyl sites for hydroxylation is 1. The highest BCUT2D eigenvalue weighted by Crippen LogP contribution is 2.01. The van der Waals surface area contributed by atoms with Gasteiger partial charge in [0.1, 0.15) is 6.33 Å². The van der Waals surface area contributed by atoms with Crippen LogP contribution in [0.5, 0.6) is 0 Å². The molecule has 1 unspecified atom stereocenters. The Morgan fingerprint density at radius 1 is 1.72 bits per heavy atom. The molecule has 1 atom stereocenters. The quantitative estimate of drug-likeness (QED) is 0.724. The van der Waals surface area contributed by atoms with Crippen LogP contribution in [0.15, 0.2) is 6.33 Å². The molecule has 2 rings (SSSR count). The van der Waals surface area contributed by atoms with E-state index in [1.807, 2.05) is 11.5 Å². The number of hydrogen-bond donors (Lipinski definition) is 2. The van der Waals surface area contributed by atoms with Gasteiger partial charge in [-0.3, -0.25) is 4.79 Å². The van der Waals surface area contributed by atoms with E-state index >= 15 is 0 Å². The molecule has 0 radical (unpaired) electrons. The number of nitrogens with one attached hydrogen (secondary N) is 2. The van der Waals surface area contributed by atoms with Gasteiger partial charge in [0.05, 0.1) is 25.7 Å². The summed E-state index contributed by atoms with van der Waals surface area (Å²) in [5.74, 6) is 0.753. The number of amides is 1. The van der Waals surface area contributed by atoms with Crippen LogP contribution in [0.25, 0.3) is 0 Å². The molecule has 18 heavy (non-hydrogen) atoms. The number of morpholine rings is 1. The minimum Gasteiger partial charge on any atom is -0.375 e. The molecule has 100 valence electrons. The van der Waals surface area contributed by atoms with Gasteiger partial charge < -0.3 is 19.9 Å². The average Bonchev–Trinajstić information content (AvgIpc) is 2.85. The molecule has 1 aliphatic heterocycles. The van der Waals surface area contributed by atoms with Crippen LogP contribution in [0.1, 0.15) is 19.2 Å². The molecule has 1 aliphatic rings. The van der Waals surface area contributed by atoms with Gasteiger partial charge in [-0.05, 0) is 6.92 Å². The Bertz CT molecular complexity index is 387. The average molecular weight is 253 g/mol. The molecule has 2 N–H and O–H groups in total. The molecule has 0 bridgehead atoms. The molecule has 0 spiro atoms. The zero-order valence-electron chi connectivity index (χ0n) is 10.6. The van der Waals surface area contributed by atoms with Crippen molar-refractivity contribution in [2.24, 2.45) is 0 Å². The third-order valence-electron chi connectivity index (χ3n) is 2.90. The second-order valence-corrected chi connectivity index (χ2v) is 4.21. The van der Waals surface area contributed by atoms with Crippen LogP contribution in [-0.4, -0.2) is 46.5 Å². The molecule has 0 aromatic carbocycles. The summed E-state index contributed by atoms with van der Waals surface area (Å²) >= 11 is 0. The van der Waals surface area contributed by atoms with Gasteiger partial charge in [-0.1, -0.05) is 0 Å². The number of carbonyl (C=O) groups excluding carboxylic acids is 1. The van der Waals surface area contributed by atoms with E-state index < -0.39 is 0 Å². The van der Waals surface area contributed by atoms with E-state index in [-0.39, 0.29) is 12.0 Å². The van der Waals surface area contributed by atoms with Crippen molar-refractivity contribution in [1.29, 1.82) is 0 Å². The number of carbonyl (C=O) groups is 1. The summed E-state index contributed by atoms with van der Waals surface area (Å²) in [6.07, 6.45) is 2.02. The molecule has 1 saturated heterocycles. The van der Waals surface area contributed by atoms with Gasteiger partial charge in [0, 0.05) is 19.6 Å². The summed E-state index contributed by atoms with van der Waals surface area (Å²) in [4.78, 5) is 11.7. The van der Waals surface area contributed by atoms with Crippen molar-refractivity contribution in [2.75, 3.05) is 19.7 Å². The Labute approximate surface area is 106 Å². The van der Waals surface area contributed by atoms with Crippen LogP contribution in [-0.2, 0) is 22.6 Å². The Morgan fingerprint density at radius 3 is 3.33 bits per heavy atom. The summed E-state index contributed by atoms with van der Waals surface area (Å²) in [7, 11) is 0. The number of ether oxygens (including phenoxy) is 1. The lowest BCUT2D eigenvalue weighted by atomic mass is 10.2. The van der Waals surface area contributed by atoms with Gasteiger partial charge in [-0.2, -0.15) is 0 Å². The molecule has 0 saturated carbocycles. The lowest BCUT2D eigenvalue weighted by Crippen LogP contribution is -2.41. The first-order valence-electron chi connectivity index (χ1n) is 6.25. The van der Waals surface area contributed by atoms with Crippen molar-refractivity contribution < 1.29 is 9.53 Å². The van der Waals surface area contributed by atoms with E-state index in [0.717, 1.165) is 25.5 Å². The first-order chi connectivity index (χ1) is 8.79. The maximum absolute atomic E-state index is 11.7. The fourth-order valence-corrected chi connectivity index (χ4v) is 1.89. The molecule has 1 aromatic rings. The van der Waals surface area contributed by atoms with E-state index in [4.69, 9.17) is 4.74 Å². The summed E-state index contributed by atoms with van der Waals surface area (Å²) in [6, 6.07) is 0. The third-order valence-corrected chi connectivity index (χ3v) is 2.90. The minimum atomic E-state index is -0.0252. The van der Waals surface area contributed by atoms with Crippen molar-refractivity contribution in [3.8, 4) is 0 Å². The van der Waals surface area contributed by atoms with Crippen LogP contribution in [0.2, 0.25) is 0 Å². The van der Waals surface area contributed by atoms with E-state index in [1.165, 1.54) is 0 Å². The fourth-order valence-electron chi connectivity index (χ4n) is 1.89. The molecule has 0 aliphatic carbocycles. The summed E-state index contributed by atoms with van der Waals surface area (Å²) in [5, 5.41) is 13.8. The van der Waals surface area contributed by atoms with Gasteiger partial charge in [-0.25, -0.2) is 0 Å². The van der Waals surface area contributed by atoms with Crippen LogP contribution in [0.3, 0.4) is 0 Å². The number of rotatable bonds is 5. The van der Waals surface area contributed by atoms with Crippen molar-refractivity contribution >= 4 is 5.91 Å². The third kappa shape index (κ3) is 3.51. The van der Waals surface area contributed by atoms with E-state index in [0.29, 0.717) is 19.6 Å². The molecule has 7 heteroatoms. The van der Waals surface area contributed by atoms with Gasteiger partial charge in [-0.15, -0.1) is 10.2 Å². The first-order valence-corrected chi connectivity index (χ1v) is 6.25. The van der Waals surface area contributed by atoms with E-state index in [1.54, 1.807) is 6.33 Å². The van der Waals surface area contributed by atoms with Crippen molar-refractivity contribution in [2.45, 2.75) is 32.5 Å². The topological polar surface area (TPSA) is 81.1 Å². The Morgan fingerprint density at radius 2 is 2.61 bits per heavy atom. The van der Waals surface area contributed by atoms with Crippen molar-refractivity contribution in [3.05, 3.63) is 12.2 Å². The van der Waals surface area contributed by atoms with Gasteiger partial charge in [0.2, 0.25) is 5.91 Å². The number of hydrogen-bond acceptors (Lipinski definition) is 5. The Kier molecular flexibility index (Phi) is 4.66. The molecule has 1 aromatic heterocycles. The zero-order valence-corrected chi connectivity index (χ0v) is 10.6. The second-order valence-electron chi connectivity index (χ2n) is 4.21. The molecule has 2 heterocycles. The van der Waals surface area contributed by atoms with Crippen LogP contribution < -0.4 is 10.6 Å². The second kappa shape index (κ2) is 6.46. The lowest BCUT2D eigenvalue weighted by Gasteiger charge is -2.22. The normalized spacial score (nSPS) is 19.7. The SMILES string of the molecule is CCn1cnnc1CNC(=O)CC1CNCCO1. The van der Waals surface area contributed by atoms with Gasteiger partial charge >= 0.3 is 0 Å². The predicted octanol–water partition coefficient (Wildman–Crippen LogP) is -0.707. The molecular formula is C11H19N5O2. The summed E-state index contributed by atoms with van der Waals surface area (Å²) in [5.41, 5.74) is 0. The van der Waals surface area contributed by atoms with Crippen molar-refractivity contribution in [3.63, 3.8) is 0 Å². The standard InChI is InChI=1S/C11H19N5O2/c1-2-16-8-14-15-10(16)7-13-11(17)5-9-6-12-3-4-18-9/h8-9,12H,2-7H2,1H3,(H,13,17). The van der Waals surface area contributed by atoms with Crippen LogP contribution >= 0.6 is 0 Å². The highest BCUT2D eigenvalue weighted by Gasteiger charge is 2.17. The van der Waals surface area contributed by atoms with Crippen molar-refractivity contribution in [1.82, 2.24) is 25.4 Å². The molecular weight excluding hydrogens is 234 g/mol. The Hall–Kier alpha value is -1.47. The van der Waals surface area contributed by atoms with Crippen LogP contribution in [0, 0.1) is 0 Å². The summed E-state index contributed by atoms with van der Waals surface area (Å²) in [6.45, 7) is 5.48. The molecule has 1 amide bonds. The molecule has 7 nitrogen and oxygen atoms in total. The maximum atomic E-state index is 11.7. The summed E-state index contributed by atoms with van der Waals surface area (Å²) < 4.78 is 7.38. The molecule has 1 fully saturated rings. The smallest absolute Gasteiger partial charge is 0.223 e. The number of aromatic nitrogens is 3. The van der Waals surface area contributed by atoms with Crippen LogP contribution in [0.4, 0.5) is 0 Å². The predicted molar refractivity (Wildman–Crippen MR) is 64.8 cm³/mol. The fraction of sp³-hybridized carbons (Fsp3) is 0.727. The van der Waals surface area contributed by atoms with Gasteiger partial charge in [0.25, 0.3) is 0 Å². The highest BCUT2D eigenvalue weighted by molar-refractivity contribution is 5.76. The first kappa shape index (κ1) is 13.0. The largest absolute Gasteiger partial charge is 0.375 e. The number of nitrogens with zero attached hydrogens (tertiary/aromatic N) is 3. The van der Waals surface area contributed by atoms with E-state index in [9.17, 15) is 4.79 Å². The van der Waals surface area contributed by atoms with E-state index in [2.05, 4.69) is 20.8 Å². The van der Waals surface area contributed by atoms with Gasteiger partial charge in [0.15, 0.2) is 5.82 Å². The highest BCUT2D eigenvalue weighted by atomic mass is 16.5. The zero-order chi connectivity index (χ0) is 12.8. The lowest BCUT2D eigenvalue weighted by molar-refractivity contribution is -0.124. The minimum absolute atomic E-state index is 0.0191. The Balaban J connectivity index is 1.74. The maximum Gasteiger partial charge on any atom is 0.223 e. The monoisotopic (exact) mass is 253 g/mol.